The van der Waals surface area contributed by atoms with Gasteiger partial charge in [0.05, 0.1) is 13.2 Å². The Hall–Kier alpha value is -1.11. The molecule has 2 rings (SSSR count). The fourth-order valence-electron chi connectivity index (χ4n) is 2.45. The van der Waals surface area contributed by atoms with Crippen molar-refractivity contribution in [2.24, 2.45) is 0 Å². The number of carbonyl (C=O) groups excluding carboxylic acids is 1. The molecule has 3 N–H and O–H groups in total. The van der Waals surface area contributed by atoms with Crippen LogP contribution >= 0.6 is 15.9 Å². The molecule has 1 amide bonds. The van der Waals surface area contributed by atoms with Crippen LogP contribution in [0.15, 0.2) is 16.6 Å². The second-order valence-corrected chi connectivity index (χ2v) is 6.37. The smallest absolute Gasteiger partial charge is 0.251 e. The van der Waals surface area contributed by atoms with Crippen LogP contribution in [0.3, 0.4) is 0 Å². The van der Waals surface area contributed by atoms with E-state index in [2.05, 4.69) is 26.1 Å². The van der Waals surface area contributed by atoms with Crippen molar-refractivity contribution in [3.05, 3.63) is 27.7 Å². The van der Waals surface area contributed by atoms with Crippen molar-refractivity contribution >= 4 is 27.5 Å². The predicted octanol–water partition coefficient (Wildman–Crippen LogP) is 1.79. The molecule has 1 aromatic rings. The number of anilines is 1. The molecule has 0 aliphatic carbocycles. The number of morpholine rings is 1. The van der Waals surface area contributed by atoms with Gasteiger partial charge >= 0.3 is 0 Å². The molecule has 1 aliphatic rings. The third-order valence-electron chi connectivity index (χ3n) is 3.67. The Balaban J connectivity index is 1.97. The first-order valence-corrected chi connectivity index (χ1v) is 7.93. The summed E-state index contributed by atoms with van der Waals surface area (Å²) in [6, 6.07) is 3.70. The van der Waals surface area contributed by atoms with Crippen LogP contribution in [0.5, 0.6) is 0 Å². The van der Waals surface area contributed by atoms with Crippen LogP contribution in [0.4, 0.5) is 5.69 Å². The third kappa shape index (κ3) is 4.43. The molecule has 5 nitrogen and oxygen atoms in total. The highest BCUT2D eigenvalue weighted by Crippen LogP contribution is 2.22. The normalized spacial score (nSPS) is 17.5. The summed E-state index contributed by atoms with van der Waals surface area (Å²) in [6.45, 7) is 8.08. The van der Waals surface area contributed by atoms with Gasteiger partial charge in [-0.2, -0.15) is 0 Å². The fraction of sp³-hybridized carbons (Fsp3) is 0.533. The molecule has 0 radical (unpaired) electrons. The zero-order chi connectivity index (χ0) is 15.4. The summed E-state index contributed by atoms with van der Waals surface area (Å²) >= 11 is 3.38. The van der Waals surface area contributed by atoms with E-state index in [1.165, 1.54) is 0 Å². The number of hydrogen-bond acceptors (Lipinski definition) is 4. The van der Waals surface area contributed by atoms with E-state index in [0.29, 0.717) is 11.3 Å². The van der Waals surface area contributed by atoms with Crippen LogP contribution in [-0.2, 0) is 4.74 Å². The summed E-state index contributed by atoms with van der Waals surface area (Å²) in [6.07, 6.45) is 0. The third-order valence-corrected chi connectivity index (χ3v) is 4.13. The minimum Gasteiger partial charge on any atom is -0.398 e. The van der Waals surface area contributed by atoms with Crippen LogP contribution in [-0.4, -0.2) is 49.7 Å². The van der Waals surface area contributed by atoms with Crippen LogP contribution in [0.25, 0.3) is 0 Å². The van der Waals surface area contributed by atoms with Crippen molar-refractivity contribution in [3.8, 4) is 0 Å². The minimum absolute atomic E-state index is 0.0789. The first kappa shape index (κ1) is 16.3. The number of carbonyl (C=O) groups is 1. The molecule has 116 valence electrons. The standard InChI is InChI=1S/C15H22BrN3O2/c1-10(9-19-3-5-21-6-4-19)18-15(20)13-7-12(16)8-14(17)11(13)2/h7-8,10H,3-6,9,17H2,1-2H3,(H,18,20). The van der Waals surface area contributed by atoms with Crippen LogP contribution in [0.1, 0.15) is 22.8 Å². The largest absolute Gasteiger partial charge is 0.398 e. The summed E-state index contributed by atoms with van der Waals surface area (Å²) in [7, 11) is 0. The molecule has 1 atom stereocenters. The summed E-state index contributed by atoms with van der Waals surface area (Å²) < 4.78 is 6.14. The number of nitrogens with two attached hydrogens (primary N) is 1. The van der Waals surface area contributed by atoms with Gasteiger partial charge in [0.1, 0.15) is 0 Å². The van der Waals surface area contributed by atoms with E-state index in [0.717, 1.165) is 42.9 Å². The van der Waals surface area contributed by atoms with Gasteiger partial charge in [0.15, 0.2) is 0 Å². The summed E-state index contributed by atoms with van der Waals surface area (Å²) in [4.78, 5) is 14.7. The van der Waals surface area contributed by atoms with Crippen molar-refractivity contribution < 1.29 is 9.53 Å². The van der Waals surface area contributed by atoms with Gasteiger partial charge in [-0.1, -0.05) is 15.9 Å². The van der Waals surface area contributed by atoms with Crippen LogP contribution in [0, 0.1) is 6.92 Å². The molecule has 0 bridgehead atoms. The second kappa shape index (κ2) is 7.24. The molecule has 0 spiro atoms. The quantitative estimate of drug-likeness (QED) is 0.808. The van der Waals surface area contributed by atoms with E-state index in [4.69, 9.17) is 10.5 Å². The Kier molecular flexibility index (Phi) is 5.61. The molecule has 6 heteroatoms. The lowest BCUT2D eigenvalue weighted by atomic mass is 10.1. The lowest BCUT2D eigenvalue weighted by Crippen LogP contribution is -2.46. The van der Waals surface area contributed by atoms with Gasteiger partial charge in [0, 0.05) is 41.4 Å². The van der Waals surface area contributed by atoms with E-state index in [-0.39, 0.29) is 11.9 Å². The molecule has 1 unspecified atom stereocenters. The molecule has 1 heterocycles. The second-order valence-electron chi connectivity index (χ2n) is 5.46. The van der Waals surface area contributed by atoms with Crippen LogP contribution in [0.2, 0.25) is 0 Å². The fourth-order valence-corrected chi connectivity index (χ4v) is 2.93. The summed E-state index contributed by atoms with van der Waals surface area (Å²) in [5, 5.41) is 3.04. The number of nitrogens with one attached hydrogen (secondary N) is 1. The van der Waals surface area contributed by atoms with Crippen molar-refractivity contribution in [1.82, 2.24) is 10.2 Å². The number of benzene rings is 1. The molecular weight excluding hydrogens is 334 g/mol. The monoisotopic (exact) mass is 355 g/mol. The first-order valence-electron chi connectivity index (χ1n) is 7.14. The van der Waals surface area contributed by atoms with E-state index < -0.39 is 0 Å². The van der Waals surface area contributed by atoms with Crippen molar-refractivity contribution in [2.75, 3.05) is 38.6 Å². The molecule has 21 heavy (non-hydrogen) atoms. The average Bonchev–Trinajstić information content (AvgIpc) is 2.43. The number of amides is 1. The lowest BCUT2D eigenvalue weighted by molar-refractivity contribution is 0.0342. The van der Waals surface area contributed by atoms with Crippen molar-refractivity contribution in [2.45, 2.75) is 19.9 Å². The maximum absolute atomic E-state index is 12.4. The average molecular weight is 356 g/mol. The summed E-state index contributed by atoms with van der Waals surface area (Å²) in [5.74, 6) is -0.0822. The molecule has 1 aromatic carbocycles. The number of ether oxygens (including phenoxy) is 1. The van der Waals surface area contributed by atoms with Gasteiger partial charge in [-0.3, -0.25) is 9.69 Å². The van der Waals surface area contributed by atoms with Crippen LogP contribution < -0.4 is 11.1 Å². The number of halogens is 1. The Bertz CT molecular complexity index is 516. The minimum atomic E-state index is -0.0822. The maximum Gasteiger partial charge on any atom is 0.251 e. The van der Waals surface area contributed by atoms with E-state index in [9.17, 15) is 4.79 Å². The highest BCUT2D eigenvalue weighted by atomic mass is 79.9. The topological polar surface area (TPSA) is 67.6 Å². The highest BCUT2D eigenvalue weighted by Gasteiger charge is 2.17. The number of rotatable bonds is 4. The molecule has 1 fully saturated rings. The maximum atomic E-state index is 12.4. The lowest BCUT2D eigenvalue weighted by Gasteiger charge is -2.29. The van der Waals surface area contributed by atoms with Gasteiger partial charge in [0.2, 0.25) is 0 Å². The SMILES string of the molecule is Cc1c(N)cc(Br)cc1C(=O)NC(C)CN1CCOCC1. The molecule has 0 aromatic heterocycles. The first-order chi connectivity index (χ1) is 9.97. The number of hydrogen-bond donors (Lipinski definition) is 2. The Morgan fingerprint density at radius 2 is 2.14 bits per heavy atom. The predicted molar refractivity (Wildman–Crippen MR) is 87.5 cm³/mol. The zero-order valence-electron chi connectivity index (χ0n) is 12.5. The molecular formula is C15H22BrN3O2. The van der Waals surface area contributed by atoms with Gasteiger partial charge in [-0.15, -0.1) is 0 Å². The highest BCUT2D eigenvalue weighted by molar-refractivity contribution is 9.10. The Morgan fingerprint density at radius 1 is 1.48 bits per heavy atom. The summed E-state index contributed by atoms with van der Waals surface area (Å²) in [5.41, 5.74) is 7.96. The van der Waals surface area contributed by atoms with Gasteiger partial charge in [0.25, 0.3) is 5.91 Å². The molecule has 1 saturated heterocycles. The van der Waals surface area contributed by atoms with Crippen molar-refractivity contribution in [1.29, 1.82) is 0 Å². The molecule has 1 aliphatic heterocycles. The van der Waals surface area contributed by atoms with Gasteiger partial charge in [-0.25, -0.2) is 0 Å². The van der Waals surface area contributed by atoms with Crippen molar-refractivity contribution in [3.63, 3.8) is 0 Å². The Morgan fingerprint density at radius 3 is 2.81 bits per heavy atom. The van der Waals surface area contributed by atoms with Gasteiger partial charge in [-0.05, 0) is 31.5 Å². The zero-order valence-corrected chi connectivity index (χ0v) is 14.1. The number of nitrogens with zero attached hydrogens (tertiary/aromatic N) is 1. The van der Waals surface area contributed by atoms with E-state index >= 15 is 0 Å². The van der Waals surface area contributed by atoms with E-state index in [1.807, 2.05) is 26.0 Å². The number of nitrogen functional groups attached to an aromatic ring is 1. The van der Waals surface area contributed by atoms with E-state index in [1.54, 1.807) is 0 Å². The van der Waals surface area contributed by atoms with Gasteiger partial charge < -0.3 is 15.8 Å². The Labute approximate surface area is 134 Å². The molecule has 0 saturated carbocycles.